The molecule has 21 heavy (non-hydrogen) atoms. The maximum absolute atomic E-state index is 5.09. The van der Waals surface area contributed by atoms with Gasteiger partial charge in [-0.3, -0.25) is 4.68 Å². The average Bonchev–Trinajstić information content (AvgIpc) is 2.85. The summed E-state index contributed by atoms with van der Waals surface area (Å²) in [4.78, 5) is 13.0. The Kier molecular flexibility index (Phi) is 5.44. The molecule has 0 radical (unpaired) electrons. The van der Waals surface area contributed by atoms with Gasteiger partial charge in [-0.15, -0.1) is 0 Å². The highest BCUT2D eigenvalue weighted by Crippen LogP contribution is 2.12. The van der Waals surface area contributed by atoms with Gasteiger partial charge in [-0.1, -0.05) is 0 Å². The molecule has 2 heterocycles. The highest BCUT2D eigenvalue weighted by Gasteiger charge is 2.05. The molecule has 0 aliphatic heterocycles. The molecule has 0 unspecified atom stereocenters. The Morgan fingerprint density at radius 3 is 2.57 bits per heavy atom. The van der Waals surface area contributed by atoms with Gasteiger partial charge in [0.2, 0.25) is 0 Å². The Balaban J connectivity index is 1.97. The fraction of sp³-hybridized carbons (Fsp3) is 0.538. The molecular formula is C13H21N7O. The van der Waals surface area contributed by atoms with Gasteiger partial charge in [0.15, 0.2) is 11.6 Å². The lowest BCUT2D eigenvalue weighted by molar-refractivity contribution is 0.178. The van der Waals surface area contributed by atoms with E-state index in [-0.39, 0.29) is 0 Å². The van der Waals surface area contributed by atoms with Crippen LogP contribution in [0.5, 0.6) is 0 Å². The normalized spacial score (nSPS) is 10.6. The number of hydrogen-bond donors (Lipinski definition) is 2. The Bertz CT molecular complexity index is 545. The van der Waals surface area contributed by atoms with Gasteiger partial charge in [0.1, 0.15) is 24.6 Å². The highest BCUT2D eigenvalue weighted by atomic mass is 16.5. The van der Waals surface area contributed by atoms with Crippen LogP contribution in [0.2, 0.25) is 0 Å². The molecule has 114 valence electrons. The van der Waals surface area contributed by atoms with Crippen LogP contribution in [0.3, 0.4) is 0 Å². The second-order valence-electron chi connectivity index (χ2n) is 4.53. The Hall–Kier alpha value is -2.22. The first-order valence-corrected chi connectivity index (χ1v) is 6.90. The van der Waals surface area contributed by atoms with Crippen LogP contribution in [0, 0.1) is 0 Å². The van der Waals surface area contributed by atoms with Crippen molar-refractivity contribution in [3.63, 3.8) is 0 Å². The molecule has 2 N–H and O–H groups in total. The number of nitrogens with zero attached hydrogens (tertiary/aromatic N) is 5. The monoisotopic (exact) mass is 291 g/mol. The lowest BCUT2D eigenvalue weighted by atomic mass is 10.4. The van der Waals surface area contributed by atoms with E-state index in [9.17, 15) is 0 Å². The van der Waals surface area contributed by atoms with Gasteiger partial charge in [-0.05, 0) is 6.92 Å². The number of ether oxygens (including phenoxy) is 1. The summed E-state index contributed by atoms with van der Waals surface area (Å²) in [6.07, 6.45) is 2.43. The highest BCUT2D eigenvalue weighted by molar-refractivity contribution is 5.47. The molecule has 8 nitrogen and oxygen atoms in total. The number of rotatable bonds is 8. The lowest BCUT2D eigenvalue weighted by Crippen LogP contribution is -2.11. The zero-order valence-corrected chi connectivity index (χ0v) is 12.6. The summed E-state index contributed by atoms with van der Waals surface area (Å²) in [5, 5.41) is 10.7. The molecule has 0 spiro atoms. The number of methoxy groups -OCH3 is 1. The zero-order chi connectivity index (χ0) is 15.1. The van der Waals surface area contributed by atoms with E-state index in [0.717, 1.165) is 30.4 Å². The molecule has 2 rings (SSSR count). The minimum Gasteiger partial charge on any atom is -0.377 e. The quantitative estimate of drug-likeness (QED) is 0.744. The van der Waals surface area contributed by atoms with Gasteiger partial charge >= 0.3 is 0 Å². The second kappa shape index (κ2) is 7.53. The number of aryl methyl sites for hydroxylation is 1. The summed E-state index contributed by atoms with van der Waals surface area (Å²) in [5.41, 5.74) is 0. The third-order valence-electron chi connectivity index (χ3n) is 2.71. The van der Waals surface area contributed by atoms with Crippen LogP contribution in [0.25, 0.3) is 0 Å². The van der Waals surface area contributed by atoms with Crippen molar-refractivity contribution in [2.24, 2.45) is 7.05 Å². The van der Waals surface area contributed by atoms with Crippen molar-refractivity contribution in [2.45, 2.75) is 20.0 Å². The van der Waals surface area contributed by atoms with Crippen LogP contribution < -0.4 is 10.6 Å². The summed E-state index contributed by atoms with van der Waals surface area (Å²) in [7, 11) is 3.48. The van der Waals surface area contributed by atoms with Crippen LogP contribution >= 0.6 is 0 Å². The van der Waals surface area contributed by atoms with Gasteiger partial charge in [0.25, 0.3) is 0 Å². The Morgan fingerprint density at radius 1 is 1.19 bits per heavy atom. The van der Waals surface area contributed by atoms with Crippen LogP contribution in [-0.2, 0) is 24.8 Å². The molecule has 2 aromatic heterocycles. The Labute approximate surface area is 124 Å². The third kappa shape index (κ3) is 4.67. The minimum atomic E-state index is 0.385. The first kappa shape index (κ1) is 15.2. The molecule has 0 aliphatic carbocycles. The fourth-order valence-corrected chi connectivity index (χ4v) is 1.85. The number of hydrogen-bond acceptors (Lipinski definition) is 7. The van der Waals surface area contributed by atoms with Gasteiger partial charge in [0, 0.05) is 39.7 Å². The predicted molar refractivity (Wildman–Crippen MR) is 80.1 cm³/mol. The maximum atomic E-state index is 5.09. The molecule has 0 saturated heterocycles. The summed E-state index contributed by atoms with van der Waals surface area (Å²) >= 11 is 0. The number of anilines is 2. The first-order chi connectivity index (χ1) is 10.2. The molecular weight excluding hydrogens is 270 g/mol. The predicted octanol–water partition coefficient (Wildman–Crippen LogP) is 0.838. The zero-order valence-electron chi connectivity index (χ0n) is 12.6. The minimum absolute atomic E-state index is 0.385. The van der Waals surface area contributed by atoms with E-state index in [1.807, 2.05) is 20.0 Å². The largest absolute Gasteiger partial charge is 0.377 e. The van der Waals surface area contributed by atoms with Crippen molar-refractivity contribution >= 4 is 11.6 Å². The lowest BCUT2D eigenvalue weighted by Gasteiger charge is -2.09. The summed E-state index contributed by atoms with van der Waals surface area (Å²) in [6, 6.07) is 1.88. The van der Waals surface area contributed by atoms with Crippen molar-refractivity contribution in [3.05, 3.63) is 24.0 Å². The van der Waals surface area contributed by atoms with Gasteiger partial charge < -0.3 is 15.4 Å². The van der Waals surface area contributed by atoms with E-state index in [0.29, 0.717) is 19.0 Å². The van der Waals surface area contributed by atoms with E-state index in [1.54, 1.807) is 18.1 Å². The SMILES string of the molecule is CCNc1cc(NCCc2ncn(C)n2)nc(COC)n1. The molecule has 0 bridgehead atoms. The van der Waals surface area contributed by atoms with Crippen molar-refractivity contribution in [1.29, 1.82) is 0 Å². The molecule has 0 saturated carbocycles. The van der Waals surface area contributed by atoms with Crippen molar-refractivity contribution in [2.75, 3.05) is 30.8 Å². The summed E-state index contributed by atoms with van der Waals surface area (Å²) in [6.45, 7) is 3.92. The van der Waals surface area contributed by atoms with Crippen molar-refractivity contribution in [1.82, 2.24) is 24.7 Å². The van der Waals surface area contributed by atoms with Gasteiger partial charge in [0.05, 0.1) is 0 Å². The molecule has 8 heteroatoms. The molecule has 0 aliphatic rings. The molecule has 0 amide bonds. The standard InChI is InChI=1S/C13H21N7O/c1-4-14-11-7-12(18-13(17-11)8-21-3)15-6-5-10-16-9-20(2)19-10/h7,9H,4-6,8H2,1-3H3,(H2,14,15,17,18). The van der Waals surface area contributed by atoms with Crippen LogP contribution in [0.4, 0.5) is 11.6 Å². The summed E-state index contributed by atoms with van der Waals surface area (Å²) < 4.78 is 6.78. The van der Waals surface area contributed by atoms with Crippen molar-refractivity contribution < 1.29 is 4.74 Å². The van der Waals surface area contributed by atoms with E-state index >= 15 is 0 Å². The second-order valence-corrected chi connectivity index (χ2v) is 4.53. The van der Waals surface area contributed by atoms with Gasteiger partial charge in [-0.2, -0.15) is 5.10 Å². The van der Waals surface area contributed by atoms with E-state index in [1.165, 1.54) is 0 Å². The van der Waals surface area contributed by atoms with Gasteiger partial charge in [-0.25, -0.2) is 15.0 Å². The first-order valence-electron chi connectivity index (χ1n) is 6.90. The van der Waals surface area contributed by atoms with Crippen LogP contribution in [-0.4, -0.2) is 44.9 Å². The number of aromatic nitrogens is 5. The third-order valence-corrected chi connectivity index (χ3v) is 2.71. The van der Waals surface area contributed by atoms with E-state index in [4.69, 9.17) is 4.74 Å². The van der Waals surface area contributed by atoms with Crippen LogP contribution in [0.1, 0.15) is 18.6 Å². The van der Waals surface area contributed by atoms with E-state index in [2.05, 4.69) is 30.7 Å². The number of nitrogens with one attached hydrogen (secondary N) is 2. The topological polar surface area (TPSA) is 89.8 Å². The summed E-state index contributed by atoms with van der Waals surface area (Å²) in [5.74, 6) is 3.01. The fourth-order valence-electron chi connectivity index (χ4n) is 1.85. The molecule has 0 fully saturated rings. The molecule has 0 atom stereocenters. The molecule has 0 aromatic carbocycles. The molecule has 2 aromatic rings. The Morgan fingerprint density at radius 2 is 1.95 bits per heavy atom. The average molecular weight is 291 g/mol. The van der Waals surface area contributed by atoms with E-state index < -0.39 is 0 Å². The van der Waals surface area contributed by atoms with Crippen molar-refractivity contribution in [3.8, 4) is 0 Å². The maximum Gasteiger partial charge on any atom is 0.158 e. The smallest absolute Gasteiger partial charge is 0.158 e. The van der Waals surface area contributed by atoms with Crippen LogP contribution in [0.15, 0.2) is 12.4 Å².